The molecule has 1 fully saturated rings. The number of amides is 1. The molecule has 0 spiro atoms. The smallest absolute Gasteiger partial charge is 0.407 e. The van der Waals surface area contributed by atoms with Crippen molar-refractivity contribution in [2.45, 2.75) is 39.2 Å². The molecule has 0 bridgehead atoms. The third-order valence-corrected chi connectivity index (χ3v) is 3.55. The number of aromatic nitrogens is 1. The fraction of sp³-hybridized carbons (Fsp3) is 0.625. The lowest BCUT2D eigenvalue weighted by Gasteiger charge is -2.33. The zero-order chi connectivity index (χ0) is 15.3. The van der Waals surface area contributed by atoms with Crippen LogP contribution in [0, 0.1) is 5.92 Å². The fourth-order valence-corrected chi connectivity index (χ4v) is 2.43. The average Bonchev–Trinajstić information content (AvgIpc) is 2.45. The molecule has 1 N–H and O–H groups in total. The van der Waals surface area contributed by atoms with Crippen LogP contribution in [0.1, 0.15) is 33.6 Å². The summed E-state index contributed by atoms with van der Waals surface area (Å²) in [5, 5.41) is 2.81. The quantitative estimate of drug-likeness (QED) is 0.930. The highest BCUT2D eigenvalue weighted by Gasteiger charge is 2.22. The molecule has 0 saturated carbocycles. The minimum Gasteiger partial charge on any atom is -0.449 e. The molecule has 0 aliphatic carbocycles. The minimum absolute atomic E-state index is 0.249. The second kappa shape index (κ2) is 6.78. The Morgan fingerprint density at radius 3 is 2.71 bits per heavy atom. The van der Waals surface area contributed by atoms with Gasteiger partial charge in [-0.3, -0.25) is 4.98 Å². The van der Waals surface area contributed by atoms with Crippen LogP contribution in [0.25, 0.3) is 0 Å². The van der Waals surface area contributed by atoms with Crippen LogP contribution in [0.5, 0.6) is 0 Å². The first-order valence-electron chi connectivity index (χ1n) is 7.54. The Bertz CT molecular complexity index is 448. The number of hydrogen-bond donors (Lipinski definition) is 1. The number of carbonyl (C=O) groups is 1. The number of piperidine rings is 1. The maximum absolute atomic E-state index is 11.6. The summed E-state index contributed by atoms with van der Waals surface area (Å²) < 4.78 is 5.32. The Balaban J connectivity index is 1.71. The third kappa shape index (κ3) is 5.25. The molecule has 5 heteroatoms. The molecule has 1 aromatic heterocycles. The van der Waals surface area contributed by atoms with Crippen molar-refractivity contribution >= 4 is 11.8 Å². The molecule has 1 aliphatic rings. The van der Waals surface area contributed by atoms with Crippen LogP contribution in [0.2, 0.25) is 0 Å². The standard InChI is InChI=1S/C16H25N3O2/c1-16(2,3)18-15(20)21-12-13-6-9-19(10-7-13)14-5-4-8-17-11-14/h4-5,8,11,13H,6-7,9-10,12H2,1-3H3,(H,18,20). The topological polar surface area (TPSA) is 54.5 Å². The monoisotopic (exact) mass is 291 g/mol. The zero-order valence-electron chi connectivity index (χ0n) is 13.1. The van der Waals surface area contributed by atoms with Crippen LogP contribution >= 0.6 is 0 Å². The van der Waals surface area contributed by atoms with Crippen molar-refractivity contribution < 1.29 is 9.53 Å². The lowest BCUT2D eigenvalue weighted by Crippen LogP contribution is -2.42. The van der Waals surface area contributed by atoms with Gasteiger partial charge in [-0.15, -0.1) is 0 Å². The number of anilines is 1. The summed E-state index contributed by atoms with van der Waals surface area (Å²) in [6.45, 7) is 8.31. The highest BCUT2D eigenvalue weighted by molar-refractivity contribution is 5.68. The fourth-order valence-electron chi connectivity index (χ4n) is 2.43. The van der Waals surface area contributed by atoms with E-state index in [0.717, 1.165) is 25.9 Å². The minimum atomic E-state index is -0.322. The molecular formula is C16H25N3O2. The van der Waals surface area contributed by atoms with E-state index < -0.39 is 0 Å². The summed E-state index contributed by atoms with van der Waals surface area (Å²) >= 11 is 0. The van der Waals surface area contributed by atoms with Crippen LogP contribution < -0.4 is 10.2 Å². The Morgan fingerprint density at radius 2 is 2.14 bits per heavy atom. The number of nitrogens with zero attached hydrogens (tertiary/aromatic N) is 2. The lowest BCUT2D eigenvalue weighted by atomic mass is 9.97. The SMILES string of the molecule is CC(C)(C)NC(=O)OCC1CCN(c2cccnc2)CC1. The van der Waals surface area contributed by atoms with Gasteiger partial charge in [0.25, 0.3) is 0 Å². The molecule has 1 aliphatic heterocycles. The van der Waals surface area contributed by atoms with Gasteiger partial charge in [0, 0.05) is 24.8 Å². The normalized spacial score (nSPS) is 16.6. The zero-order valence-corrected chi connectivity index (χ0v) is 13.1. The first kappa shape index (κ1) is 15.6. The first-order chi connectivity index (χ1) is 9.94. The molecular weight excluding hydrogens is 266 g/mol. The van der Waals surface area contributed by atoms with E-state index in [-0.39, 0.29) is 11.6 Å². The van der Waals surface area contributed by atoms with E-state index in [1.165, 1.54) is 5.69 Å². The summed E-state index contributed by atoms with van der Waals surface area (Å²) in [5.74, 6) is 0.448. The largest absolute Gasteiger partial charge is 0.449 e. The van der Waals surface area contributed by atoms with Gasteiger partial charge >= 0.3 is 6.09 Å². The summed E-state index contributed by atoms with van der Waals surface area (Å²) in [5.41, 5.74) is 0.920. The van der Waals surface area contributed by atoms with Crippen molar-refractivity contribution in [3.63, 3.8) is 0 Å². The van der Waals surface area contributed by atoms with E-state index in [4.69, 9.17) is 4.74 Å². The second-order valence-corrected chi connectivity index (χ2v) is 6.62. The number of ether oxygens (including phenoxy) is 1. The van der Waals surface area contributed by atoms with E-state index >= 15 is 0 Å². The van der Waals surface area contributed by atoms with Gasteiger partial charge in [-0.1, -0.05) is 0 Å². The van der Waals surface area contributed by atoms with Crippen molar-refractivity contribution in [1.82, 2.24) is 10.3 Å². The number of hydrogen-bond acceptors (Lipinski definition) is 4. The Hall–Kier alpha value is -1.78. The van der Waals surface area contributed by atoms with Crippen LogP contribution in [-0.2, 0) is 4.74 Å². The first-order valence-corrected chi connectivity index (χ1v) is 7.54. The van der Waals surface area contributed by atoms with Gasteiger partial charge in [0.05, 0.1) is 18.5 Å². The Kier molecular flexibility index (Phi) is 5.04. The summed E-state index contributed by atoms with van der Waals surface area (Å²) in [6.07, 6.45) is 5.44. The molecule has 5 nitrogen and oxygen atoms in total. The van der Waals surface area contributed by atoms with Gasteiger partial charge in [0.15, 0.2) is 0 Å². The van der Waals surface area contributed by atoms with Crippen LogP contribution in [0.3, 0.4) is 0 Å². The highest BCUT2D eigenvalue weighted by Crippen LogP contribution is 2.22. The summed E-state index contributed by atoms with van der Waals surface area (Å²) in [6, 6.07) is 4.04. The van der Waals surface area contributed by atoms with Crippen LogP contribution in [-0.4, -0.2) is 36.3 Å². The van der Waals surface area contributed by atoms with Gasteiger partial charge in [0.1, 0.15) is 0 Å². The van der Waals surface area contributed by atoms with Crippen molar-refractivity contribution in [3.8, 4) is 0 Å². The Labute approximate surface area is 126 Å². The van der Waals surface area contributed by atoms with E-state index in [0.29, 0.717) is 12.5 Å². The highest BCUT2D eigenvalue weighted by atomic mass is 16.5. The van der Waals surface area contributed by atoms with Crippen LogP contribution in [0.4, 0.5) is 10.5 Å². The average molecular weight is 291 g/mol. The van der Waals surface area contributed by atoms with Gasteiger partial charge in [0.2, 0.25) is 0 Å². The number of pyridine rings is 1. The summed E-state index contributed by atoms with van der Waals surface area (Å²) in [4.78, 5) is 18.1. The number of nitrogens with one attached hydrogen (secondary N) is 1. The van der Waals surface area contributed by atoms with Gasteiger partial charge < -0.3 is 15.0 Å². The maximum atomic E-state index is 11.6. The molecule has 116 valence electrons. The van der Waals surface area contributed by atoms with Gasteiger partial charge in [-0.2, -0.15) is 0 Å². The van der Waals surface area contributed by atoms with Gasteiger partial charge in [-0.05, 0) is 51.7 Å². The number of rotatable bonds is 3. The molecule has 1 aromatic rings. The predicted octanol–water partition coefficient (Wildman–Crippen LogP) is 2.82. The third-order valence-electron chi connectivity index (χ3n) is 3.55. The molecule has 0 unspecified atom stereocenters. The van der Waals surface area contributed by atoms with E-state index in [1.54, 1.807) is 6.20 Å². The van der Waals surface area contributed by atoms with Crippen molar-refractivity contribution in [1.29, 1.82) is 0 Å². The molecule has 21 heavy (non-hydrogen) atoms. The van der Waals surface area contributed by atoms with E-state index in [1.807, 2.05) is 33.0 Å². The molecule has 2 rings (SSSR count). The maximum Gasteiger partial charge on any atom is 0.407 e. The molecule has 2 heterocycles. The Morgan fingerprint density at radius 1 is 1.43 bits per heavy atom. The number of alkyl carbamates (subject to hydrolysis) is 1. The van der Waals surface area contributed by atoms with E-state index in [9.17, 15) is 4.79 Å². The molecule has 0 aromatic carbocycles. The van der Waals surface area contributed by atoms with Crippen LogP contribution in [0.15, 0.2) is 24.5 Å². The molecule has 0 atom stereocenters. The summed E-state index contributed by atoms with van der Waals surface area (Å²) in [7, 11) is 0. The predicted molar refractivity (Wildman–Crippen MR) is 83.4 cm³/mol. The molecule has 1 amide bonds. The molecule has 0 radical (unpaired) electrons. The lowest BCUT2D eigenvalue weighted by molar-refractivity contribution is 0.113. The molecule has 1 saturated heterocycles. The van der Waals surface area contributed by atoms with Crippen molar-refractivity contribution in [2.24, 2.45) is 5.92 Å². The van der Waals surface area contributed by atoms with Crippen molar-refractivity contribution in [3.05, 3.63) is 24.5 Å². The van der Waals surface area contributed by atoms with E-state index in [2.05, 4.69) is 21.3 Å². The second-order valence-electron chi connectivity index (χ2n) is 6.62. The van der Waals surface area contributed by atoms with Crippen molar-refractivity contribution in [2.75, 3.05) is 24.6 Å². The van der Waals surface area contributed by atoms with Gasteiger partial charge in [-0.25, -0.2) is 4.79 Å². The number of carbonyl (C=O) groups excluding carboxylic acids is 1.